The van der Waals surface area contributed by atoms with Crippen molar-refractivity contribution in [3.63, 3.8) is 0 Å². The molecule has 0 spiro atoms. The van der Waals surface area contributed by atoms with Crippen molar-refractivity contribution in [2.75, 3.05) is 5.75 Å². The monoisotopic (exact) mass is 404 g/mol. The molecule has 7 heteroatoms. The Hall–Kier alpha value is -3.45. The van der Waals surface area contributed by atoms with Crippen LogP contribution in [-0.2, 0) is 4.79 Å². The molecule has 1 atom stereocenters. The summed E-state index contributed by atoms with van der Waals surface area (Å²) in [5, 5.41) is 13.6. The number of hydrazine groups is 1. The van der Waals surface area contributed by atoms with Gasteiger partial charge in [0.2, 0.25) is 0 Å². The van der Waals surface area contributed by atoms with Gasteiger partial charge in [0, 0.05) is 10.9 Å². The first-order chi connectivity index (χ1) is 14.1. The number of para-hydroxylation sites is 1. The molecule has 0 aliphatic carbocycles. The number of carbonyl (C=O) groups is 2. The van der Waals surface area contributed by atoms with E-state index < -0.39 is 11.3 Å². The Bertz CT molecular complexity index is 1270. The first-order valence-corrected chi connectivity index (χ1v) is 10.1. The van der Waals surface area contributed by atoms with Crippen LogP contribution in [0, 0.1) is 0 Å². The van der Waals surface area contributed by atoms with Gasteiger partial charge in [0.05, 0.1) is 11.3 Å². The van der Waals surface area contributed by atoms with Gasteiger partial charge in [-0.2, -0.15) is 0 Å². The number of rotatable bonds is 3. The number of fused-ring (bicyclic) bond motifs is 3. The van der Waals surface area contributed by atoms with Crippen LogP contribution in [0.1, 0.15) is 21.3 Å². The zero-order valence-electron chi connectivity index (χ0n) is 15.2. The Morgan fingerprint density at radius 2 is 1.90 bits per heavy atom. The SMILES string of the molecule is O=C(NN1C(=O)CSC1c1ccccc1O)c1coc2ccc3ccccc3c12. The number of nitrogens with one attached hydrogen (secondary N) is 1. The van der Waals surface area contributed by atoms with Crippen LogP contribution in [0.5, 0.6) is 5.75 Å². The van der Waals surface area contributed by atoms with E-state index in [1.807, 2.05) is 36.4 Å². The van der Waals surface area contributed by atoms with Crippen LogP contribution in [0.2, 0.25) is 0 Å². The Kier molecular flexibility index (Phi) is 4.17. The van der Waals surface area contributed by atoms with Gasteiger partial charge in [-0.3, -0.25) is 15.0 Å². The van der Waals surface area contributed by atoms with Crippen molar-refractivity contribution in [3.05, 3.63) is 78.1 Å². The molecule has 3 aromatic carbocycles. The van der Waals surface area contributed by atoms with Crippen molar-refractivity contribution >= 4 is 45.3 Å². The van der Waals surface area contributed by atoms with E-state index in [0.29, 0.717) is 22.1 Å². The number of hydrogen-bond acceptors (Lipinski definition) is 5. The molecule has 0 radical (unpaired) electrons. The molecular weight excluding hydrogens is 388 g/mol. The highest BCUT2D eigenvalue weighted by Gasteiger charge is 2.36. The normalized spacial score (nSPS) is 16.6. The minimum Gasteiger partial charge on any atom is -0.508 e. The fourth-order valence-corrected chi connectivity index (χ4v) is 4.75. The molecule has 144 valence electrons. The standard InChI is InChI=1S/C22H16N2O4S/c25-17-8-4-3-7-15(17)22-24(19(26)12-29-22)23-21(27)16-11-28-18-10-9-13-5-1-2-6-14(13)20(16)18/h1-11,22,25H,12H2,(H,23,27). The van der Waals surface area contributed by atoms with Crippen LogP contribution < -0.4 is 5.43 Å². The van der Waals surface area contributed by atoms with Gasteiger partial charge in [0.15, 0.2) is 0 Å². The summed E-state index contributed by atoms with van der Waals surface area (Å²) in [5.41, 5.74) is 4.26. The number of thioether (sulfide) groups is 1. The minimum absolute atomic E-state index is 0.0821. The molecule has 1 aliphatic rings. The second kappa shape index (κ2) is 6.86. The lowest BCUT2D eigenvalue weighted by Gasteiger charge is -2.24. The number of nitrogens with zero attached hydrogens (tertiary/aromatic N) is 1. The van der Waals surface area contributed by atoms with Crippen LogP contribution in [-0.4, -0.2) is 27.7 Å². The predicted molar refractivity (Wildman–Crippen MR) is 111 cm³/mol. The maximum atomic E-state index is 13.1. The number of aromatic hydroxyl groups is 1. The zero-order chi connectivity index (χ0) is 20.0. The molecule has 0 bridgehead atoms. The molecule has 1 saturated heterocycles. The topological polar surface area (TPSA) is 82.8 Å². The van der Waals surface area contributed by atoms with E-state index in [9.17, 15) is 14.7 Å². The highest BCUT2D eigenvalue weighted by molar-refractivity contribution is 8.00. The van der Waals surface area contributed by atoms with E-state index in [1.165, 1.54) is 23.0 Å². The maximum Gasteiger partial charge on any atom is 0.273 e. The van der Waals surface area contributed by atoms with Crippen molar-refractivity contribution in [1.82, 2.24) is 10.4 Å². The summed E-state index contributed by atoms with van der Waals surface area (Å²) < 4.78 is 5.59. The summed E-state index contributed by atoms with van der Waals surface area (Å²) in [6.07, 6.45) is 1.41. The molecule has 4 aromatic rings. The van der Waals surface area contributed by atoms with Gasteiger partial charge in [0.1, 0.15) is 23.0 Å². The molecule has 1 aromatic heterocycles. The smallest absolute Gasteiger partial charge is 0.273 e. The van der Waals surface area contributed by atoms with E-state index in [1.54, 1.807) is 24.3 Å². The molecule has 2 heterocycles. The Labute approximate surface area is 170 Å². The fraction of sp³-hybridized carbons (Fsp3) is 0.0909. The number of furan rings is 1. The van der Waals surface area contributed by atoms with Gasteiger partial charge < -0.3 is 9.52 Å². The number of phenolic OH excluding ortho intramolecular Hbond substituents is 1. The molecule has 6 nitrogen and oxygen atoms in total. The van der Waals surface area contributed by atoms with Crippen molar-refractivity contribution in [1.29, 1.82) is 0 Å². The first kappa shape index (κ1) is 17.6. The average Bonchev–Trinajstić information content (AvgIpc) is 3.33. The molecular formula is C22H16N2O4S. The van der Waals surface area contributed by atoms with E-state index in [-0.39, 0.29) is 17.4 Å². The highest BCUT2D eigenvalue weighted by atomic mass is 32.2. The molecule has 1 fully saturated rings. The summed E-state index contributed by atoms with van der Waals surface area (Å²) in [7, 11) is 0. The van der Waals surface area contributed by atoms with Gasteiger partial charge in [-0.25, -0.2) is 5.01 Å². The predicted octanol–water partition coefficient (Wildman–Crippen LogP) is 4.21. The van der Waals surface area contributed by atoms with Crippen molar-refractivity contribution < 1.29 is 19.1 Å². The van der Waals surface area contributed by atoms with Crippen LogP contribution in [0.4, 0.5) is 0 Å². The third kappa shape index (κ3) is 2.91. The van der Waals surface area contributed by atoms with Crippen molar-refractivity contribution in [2.45, 2.75) is 5.37 Å². The number of benzene rings is 3. The number of carbonyl (C=O) groups excluding carboxylic acids is 2. The second-order valence-corrected chi connectivity index (χ2v) is 7.80. The molecule has 1 aliphatic heterocycles. The summed E-state index contributed by atoms with van der Waals surface area (Å²) >= 11 is 1.35. The molecule has 5 rings (SSSR count). The largest absolute Gasteiger partial charge is 0.508 e. The third-order valence-electron chi connectivity index (χ3n) is 5.00. The molecule has 0 saturated carbocycles. The first-order valence-electron chi connectivity index (χ1n) is 9.05. The highest BCUT2D eigenvalue weighted by Crippen LogP contribution is 2.41. The number of amides is 2. The summed E-state index contributed by atoms with van der Waals surface area (Å²) in [4.78, 5) is 25.5. The maximum absolute atomic E-state index is 13.1. The Balaban J connectivity index is 1.52. The summed E-state index contributed by atoms with van der Waals surface area (Å²) in [6.45, 7) is 0. The average molecular weight is 404 g/mol. The van der Waals surface area contributed by atoms with E-state index >= 15 is 0 Å². The van der Waals surface area contributed by atoms with Gasteiger partial charge in [0.25, 0.3) is 11.8 Å². The summed E-state index contributed by atoms with van der Waals surface area (Å²) in [5.74, 6) is -0.363. The van der Waals surface area contributed by atoms with Gasteiger partial charge in [-0.1, -0.05) is 48.5 Å². The molecule has 2 amide bonds. The van der Waals surface area contributed by atoms with Gasteiger partial charge in [-0.15, -0.1) is 11.8 Å². The Morgan fingerprint density at radius 1 is 1.10 bits per heavy atom. The zero-order valence-corrected chi connectivity index (χ0v) is 16.0. The van der Waals surface area contributed by atoms with E-state index in [0.717, 1.165) is 10.8 Å². The van der Waals surface area contributed by atoms with Gasteiger partial charge in [-0.05, 0) is 22.9 Å². The number of phenols is 1. The summed E-state index contributed by atoms with van der Waals surface area (Å²) in [6, 6.07) is 18.3. The van der Waals surface area contributed by atoms with E-state index in [2.05, 4.69) is 5.43 Å². The molecule has 2 N–H and O–H groups in total. The fourth-order valence-electron chi connectivity index (χ4n) is 3.62. The minimum atomic E-state index is -0.498. The third-order valence-corrected chi connectivity index (χ3v) is 6.20. The van der Waals surface area contributed by atoms with Crippen LogP contribution >= 0.6 is 11.8 Å². The van der Waals surface area contributed by atoms with Crippen molar-refractivity contribution in [3.8, 4) is 5.75 Å². The van der Waals surface area contributed by atoms with Crippen LogP contribution in [0.25, 0.3) is 21.7 Å². The lowest BCUT2D eigenvalue weighted by atomic mass is 10.0. The lowest BCUT2D eigenvalue weighted by molar-refractivity contribution is -0.130. The molecule has 1 unspecified atom stereocenters. The van der Waals surface area contributed by atoms with Crippen molar-refractivity contribution in [2.24, 2.45) is 0 Å². The van der Waals surface area contributed by atoms with Crippen LogP contribution in [0.3, 0.4) is 0 Å². The van der Waals surface area contributed by atoms with Crippen LogP contribution in [0.15, 0.2) is 71.3 Å². The quantitative estimate of drug-likeness (QED) is 0.534. The molecule has 29 heavy (non-hydrogen) atoms. The number of hydrogen-bond donors (Lipinski definition) is 2. The lowest BCUT2D eigenvalue weighted by Crippen LogP contribution is -2.44. The van der Waals surface area contributed by atoms with E-state index in [4.69, 9.17) is 4.42 Å². The van der Waals surface area contributed by atoms with Gasteiger partial charge >= 0.3 is 0 Å². The Morgan fingerprint density at radius 3 is 2.76 bits per heavy atom. The second-order valence-electron chi connectivity index (χ2n) is 6.74.